The van der Waals surface area contributed by atoms with Gasteiger partial charge in [-0.1, -0.05) is 38.5 Å². The number of nitrogens with one attached hydrogen (secondary N) is 2. The van der Waals surface area contributed by atoms with E-state index in [1.54, 1.807) is 0 Å². The number of rotatable bonds is 6. The quantitative estimate of drug-likeness (QED) is 0.753. The number of aryl methyl sites for hydroxylation is 1. The number of nitrogens with zero attached hydrogens (tertiary/aromatic N) is 3. The first-order valence-electron chi connectivity index (χ1n) is 10.2. The van der Waals surface area contributed by atoms with E-state index in [1.165, 1.54) is 5.56 Å². The largest absolute Gasteiger partial charge is 0.352 e. The summed E-state index contributed by atoms with van der Waals surface area (Å²) in [5.41, 5.74) is 3.45. The van der Waals surface area contributed by atoms with E-state index >= 15 is 0 Å². The molecule has 6 heteroatoms. The zero-order chi connectivity index (χ0) is 20.1. The smallest absolute Gasteiger partial charge is 0.254 e. The number of carbonyl (C=O) groups is 1. The minimum Gasteiger partial charge on any atom is -0.352 e. The van der Waals surface area contributed by atoms with Gasteiger partial charge >= 0.3 is 0 Å². The molecule has 0 aliphatic carbocycles. The Bertz CT molecular complexity index is 782. The van der Waals surface area contributed by atoms with Crippen molar-refractivity contribution in [1.82, 2.24) is 25.3 Å². The molecule has 2 heterocycles. The van der Waals surface area contributed by atoms with Crippen LogP contribution < -0.4 is 10.6 Å². The van der Waals surface area contributed by atoms with Crippen LogP contribution in [0, 0.1) is 6.92 Å². The molecule has 152 valence electrons. The van der Waals surface area contributed by atoms with Gasteiger partial charge < -0.3 is 15.5 Å². The highest BCUT2D eigenvalue weighted by Crippen LogP contribution is 2.25. The van der Waals surface area contributed by atoms with E-state index in [0.29, 0.717) is 12.1 Å². The monoisotopic (exact) mass is 383 g/mol. The molecule has 0 atom stereocenters. The fourth-order valence-corrected chi connectivity index (χ4v) is 3.46. The number of benzene rings is 1. The molecule has 6 nitrogen and oxygen atoms in total. The van der Waals surface area contributed by atoms with E-state index in [0.717, 1.165) is 50.5 Å². The van der Waals surface area contributed by atoms with Crippen molar-refractivity contribution in [2.75, 3.05) is 39.3 Å². The van der Waals surface area contributed by atoms with E-state index in [9.17, 15) is 4.79 Å². The molecule has 1 aromatic heterocycles. The van der Waals surface area contributed by atoms with Crippen molar-refractivity contribution in [3.05, 3.63) is 47.3 Å². The lowest BCUT2D eigenvalue weighted by Crippen LogP contribution is -2.44. The van der Waals surface area contributed by atoms with Crippen molar-refractivity contribution in [1.29, 1.82) is 0 Å². The Morgan fingerprint density at radius 3 is 2.50 bits per heavy atom. The Kier molecular flexibility index (Phi) is 6.52. The predicted molar refractivity (Wildman–Crippen MR) is 113 cm³/mol. The van der Waals surface area contributed by atoms with E-state index < -0.39 is 0 Å². The van der Waals surface area contributed by atoms with Gasteiger partial charge in [0.2, 0.25) is 0 Å². The second-order valence-corrected chi connectivity index (χ2v) is 8.62. The molecular weight excluding hydrogens is 350 g/mol. The minimum atomic E-state index is -0.205. The van der Waals surface area contributed by atoms with Crippen LogP contribution in [0.4, 0.5) is 0 Å². The van der Waals surface area contributed by atoms with Crippen molar-refractivity contribution in [3.8, 4) is 5.69 Å². The van der Waals surface area contributed by atoms with Gasteiger partial charge in [0.1, 0.15) is 0 Å². The molecule has 3 rings (SSSR count). The van der Waals surface area contributed by atoms with Crippen molar-refractivity contribution in [2.45, 2.75) is 39.5 Å². The van der Waals surface area contributed by atoms with Crippen LogP contribution in [0.3, 0.4) is 0 Å². The van der Waals surface area contributed by atoms with Gasteiger partial charge in [-0.25, -0.2) is 4.68 Å². The van der Waals surface area contributed by atoms with Crippen LogP contribution in [0.25, 0.3) is 5.69 Å². The lowest BCUT2D eigenvalue weighted by Gasteiger charge is -2.27. The molecule has 0 spiro atoms. The molecule has 0 unspecified atom stereocenters. The number of hydrogen-bond donors (Lipinski definition) is 2. The molecule has 1 aliphatic heterocycles. The fraction of sp³-hybridized carbons (Fsp3) is 0.545. The Balaban J connectivity index is 1.66. The molecule has 1 aliphatic rings. The maximum Gasteiger partial charge on any atom is 0.254 e. The van der Waals surface area contributed by atoms with Crippen LogP contribution >= 0.6 is 0 Å². The van der Waals surface area contributed by atoms with Crippen molar-refractivity contribution < 1.29 is 4.79 Å². The summed E-state index contributed by atoms with van der Waals surface area (Å²) in [6.45, 7) is 14.3. The molecule has 1 aromatic carbocycles. The van der Waals surface area contributed by atoms with Crippen LogP contribution in [0.5, 0.6) is 0 Å². The second kappa shape index (κ2) is 8.88. The summed E-state index contributed by atoms with van der Waals surface area (Å²) in [5, 5.41) is 11.2. The molecular formula is C22H33N5O. The predicted octanol–water partition coefficient (Wildman–Crippen LogP) is 2.50. The van der Waals surface area contributed by atoms with Gasteiger partial charge in [-0.2, -0.15) is 5.10 Å². The molecule has 2 aromatic rings. The van der Waals surface area contributed by atoms with Crippen LogP contribution in [0.15, 0.2) is 30.5 Å². The summed E-state index contributed by atoms with van der Waals surface area (Å²) >= 11 is 0. The summed E-state index contributed by atoms with van der Waals surface area (Å²) in [6.07, 6.45) is 2.82. The number of amides is 1. The fourth-order valence-electron chi connectivity index (χ4n) is 3.46. The maximum atomic E-state index is 12.9. The van der Waals surface area contributed by atoms with E-state index in [-0.39, 0.29) is 11.3 Å². The Hall–Kier alpha value is -2.18. The number of aromatic nitrogens is 2. The van der Waals surface area contributed by atoms with Crippen LogP contribution in [0.2, 0.25) is 0 Å². The van der Waals surface area contributed by atoms with Crippen LogP contribution in [-0.4, -0.2) is 59.9 Å². The summed E-state index contributed by atoms with van der Waals surface area (Å²) < 4.78 is 1.82. The zero-order valence-corrected chi connectivity index (χ0v) is 17.6. The minimum absolute atomic E-state index is 0.0383. The molecule has 1 fully saturated rings. The second-order valence-electron chi connectivity index (χ2n) is 8.62. The third-order valence-electron chi connectivity index (χ3n) is 5.11. The summed E-state index contributed by atoms with van der Waals surface area (Å²) in [7, 11) is 0. The SMILES string of the molecule is Cc1ccc(-n2cc(C(=O)NCCCN3CCNCC3)c(C(C)(C)C)n2)cc1. The normalized spacial score (nSPS) is 15.6. The Morgan fingerprint density at radius 1 is 1.18 bits per heavy atom. The molecule has 1 amide bonds. The van der Waals surface area contributed by atoms with Gasteiger partial charge in [0.05, 0.1) is 16.9 Å². The molecule has 28 heavy (non-hydrogen) atoms. The standard InChI is InChI=1S/C22H33N5O/c1-17-6-8-18(9-7-17)27-16-19(20(25-27)22(2,3)4)21(28)24-10-5-13-26-14-11-23-12-15-26/h6-9,16,23H,5,10-15H2,1-4H3,(H,24,28). The number of carbonyl (C=O) groups excluding carboxylic acids is 1. The van der Waals surface area contributed by atoms with Crippen molar-refractivity contribution >= 4 is 5.91 Å². The van der Waals surface area contributed by atoms with Gasteiger partial charge in [-0.3, -0.25) is 4.79 Å². The average molecular weight is 384 g/mol. The first kappa shape index (κ1) is 20.6. The highest BCUT2D eigenvalue weighted by molar-refractivity contribution is 5.95. The van der Waals surface area contributed by atoms with Crippen LogP contribution in [-0.2, 0) is 5.41 Å². The Morgan fingerprint density at radius 2 is 1.86 bits per heavy atom. The third-order valence-corrected chi connectivity index (χ3v) is 5.11. The van der Waals surface area contributed by atoms with Crippen molar-refractivity contribution in [3.63, 3.8) is 0 Å². The molecule has 0 saturated carbocycles. The summed E-state index contributed by atoms with van der Waals surface area (Å²) in [5.74, 6) is -0.0383. The molecule has 0 bridgehead atoms. The summed E-state index contributed by atoms with van der Waals surface area (Å²) in [4.78, 5) is 15.3. The summed E-state index contributed by atoms with van der Waals surface area (Å²) in [6, 6.07) is 8.18. The van der Waals surface area contributed by atoms with Gasteiger partial charge in [-0.05, 0) is 32.0 Å². The van der Waals surface area contributed by atoms with E-state index in [2.05, 4.69) is 55.4 Å². The average Bonchev–Trinajstić information content (AvgIpc) is 3.12. The third kappa shape index (κ3) is 5.20. The maximum absolute atomic E-state index is 12.9. The lowest BCUT2D eigenvalue weighted by atomic mass is 9.89. The topological polar surface area (TPSA) is 62.2 Å². The van der Waals surface area contributed by atoms with Crippen molar-refractivity contribution in [2.24, 2.45) is 0 Å². The van der Waals surface area contributed by atoms with Crippen LogP contribution in [0.1, 0.15) is 48.8 Å². The first-order chi connectivity index (χ1) is 13.3. The first-order valence-corrected chi connectivity index (χ1v) is 10.2. The van der Waals surface area contributed by atoms with E-state index in [4.69, 9.17) is 5.10 Å². The number of piperazine rings is 1. The van der Waals surface area contributed by atoms with Gasteiger partial charge in [0.25, 0.3) is 5.91 Å². The molecule has 1 saturated heterocycles. The van der Waals surface area contributed by atoms with Gasteiger partial charge in [-0.15, -0.1) is 0 Å². The zero-order valence-electron chi connectivity index (χ0n) is 17.6. The van der Waals surface area contributed by atoms with Gasteiger partial charge in [0, 0.05) is 44.3 Å². The molecule has 2 N–H and O–H groups in total. The van der Waals surface area contributed by atoms with E-state index in [1.807, 2.05) is 23.0 Å². The Labute approximate surface area is 168 Å². The lowest BCUT2D eigenvalue weighted by molar-refractivity contribution is 0.0949. The highest BCUT2D eigenvalue weighted by atomic mass is 16.1. The van der Waals surface area contributed by atoms with Gasteiger partial charge in [0.15, 0.2) is 0 Å². The number of hydrogen-bond acceptors (Lipinski definition) is 4. The molecule has 0 radical (unpaired) electrons. The highest BCUT2D eigenvalue weighted by Gasteiger charge is 2.26.